The number of hydrogen-bond donors (Lipinski definition) is 2. The lowest BCUT2D eigenvalue weighted by molar-refractivity contribution is -0.113. The van der Waals surface area contributed by atoms with Crippen molar-refractivity contribution >= 4 is 39.9 Å². The zero-order chi connectivity index (χ0) is 21.9. The molecule has 1 fully saturated rings. The predicted molar refractivity (Wildman–Crippen MR) is 124 cm³/mol. The third kappa shape index (κ3) is 4.71. The molecule has 0 radical (unpaired) electrons. The first-order valence-corrected chi connectivity index (χ1v) is 12.7. The van der Waals surface area contributed by atoms with Crippen molar-refractivity contribution < 1.29 is 9.59 Å². The summed E-state index contributed by atoms with van der Waals surface area (Å²) in [6, 6.07) is 10.2. The second-order valence-electron chi connectivity index (χ2n) is 8.06. The molecule has 0 bridgehead atoms. The molecule has 2 aromatic heterocycles. The van der Waals surface area contributed by atoms with Crippen LogP contribution in [0, 0.1) is 0 Å². The highest BCUT2D eigenvalue weighted by Gasteiger charge is 2.29. The quantitative estimate of drug-likeness (QED) is 0.490. The van der Waals surface area contributed by atoms with Crippen LogP contribution in [-0.4, -0.2) is 37.8 Å². The number of thioether (sulfide) groups is 1. The maximum Gasteiger partial charge on any atom is 0.254 e. The zero-order valence-corrected chi connectivity index (χ0v) is 19.2. The summed E-state index contributed by atoms with van der Waals surface area (Å²) in [6.07, 6.45) is 6.17. The van der Waals surface area contributed by atoms with E-state index in [-0.39, 0.29) is 17.6 Å². The molecule has 0 unspecified atom stereocenters. The van der Waals surface area contributed by atoms with E-state index in [0.717, 1.165) is 49.7 Å². The molecule has 2 amide bonds. The van der Waals surface area contributed by atoms with Gasteiger partial charge in [0.05, 0.1) is 17.4 Å². The second kappa shape index (κ2) is 9.41. The van der Waals surface area contributed by atoms with Crippen LogP contribution in [0.3, 0.4) is 0 Å². The Morgan fingerprint density at radius 2 is 1.97 bits per heavy atom. The van der Waals surface area contributed by atoms with Gasteiger partial charge in [-0.25, -0.2) is 4.68 Å². The van der Waals surface area contributed by atoms with Gasteiger partial charge >= 0.3 is 0 Å². The van der Waals surface area contributed by atoms with Crippen LogP contribution in [0.4, 0.5) is 5.00 Å². The first-order valence-electron chi connectivity index (χ1n) is 10.9. The number of fused-ring (bicyclic) bond motifs is 1. The minimum absolute atomic E-state index is 0.131. The fraction of sp³-hybridized carbons (Fsp3) is 0.409. The molecule has 3 aromatic rings. The number of rotatable bonds is 8. The van der Waals surface area contributed by atoms with Gasteiger partial charge in [-0.2, -0.15) is 0 Å². The van der Waals surface area contributed by atoms with Gasteiger partial charge < -0.3 is 10.6 Å². The third-order valence-electron chi connectivity index (χ3n) is 5.63. The van der Waals surface area contributed by atoms with E-state index in [9.17, 15) is 9.59 Å². The van der Waals surface area contributed by atoms with Gasteiger partial charge in [-0.1, -0.05) is 42.1 Å². The molecule has 0 aliphatic heterocycles. The summed E-state index contributed by atoms with van der Waals surface area (Å²) in [6.45, 7) is 0.456. The SMILES string of the molecule is O=C(CSc1nnnn1C1CC1)Nc1sc2c(c1C(=O)NCc1ccccc1)CCCC2. The van der Waals surface area contributed by atoms with Crippen molar-refractivity contribution in [3.63, 3.8) is 0 Å². The van der Waals surface area contributed by atoms with E-state index in [1.807, 2.05) is 30.3 Å². The van der Waals surface area contributed by atoms with Crippen molar-refractivity contribution in [3.8, 4) is 0 Å². The lowest BCUT2D eigenvalue weighted by atomic mass is 9.95. The number of thiophene rings is 1. The summed E-state index contributed by atoms with van der Waals surface area (Å²) in [5, 5.41) is 19.1. The van der Waals surface area contributed by atoms with Crippen molar-refractivity contribution in [2.75, 3.05) is 11.1 Å². The van der Waals surface area contributed by atoms with Crippen LogP contribution in [0.2, 0.25) is 0 Å². The monoisotopic (exact) mass is 468 g/mol. The normalized spacial score (nSPS) is 15.2. The van der Waals surface area contributed by atoms with E-state index in [4.69, 9.17) is 0 Å². The van der Waals surface area contributed by atoms with Crippen molar-refractivity contribution in [2.24, 2.45) is 0 Å². The summed E-state index contributed by atoms with van der Waals surface area (Å²) < 4.78 is 1.80. The van der Waals surface area contributed by atoms with Crippen molar-refractivity contribution in [1.29, 1.82) is 0 Å². The summed E-state index contributed by atoms with van der Waals surface area (Å²) in [7, 11) is 0. The van der Waals surface area contributed by atoms with Crippen LogP contribution in [-0.2, 0) is 24.2 Å². The molecule has 2 heterocycles. The second-order valence-corrected chi connectivity index (χ2v) is 10.1. The molecule has 2 N–H and O–H groups in total. The van der Waals surface area contributed by atoms with Gasteiger partial charge in [-0.3, -0.25) is 9.59 Å². The van der Waals surface area contributed by atoms with E-state index >= 15 is 0 Å². The van der Waals surface area contributed by atoms with Gasteiger partial charge in [0, 0.05) is 11.4 Å². The molecule has 0 saturated heterocycles. The lowest BCUT2D eigenvalue weighted by Crippen LogP contribution is -2.25. The highest BCUT2D eigenvalue weighted by Crippen LogP contribution is 2.39. The highest BCUT2D eigenvalue weighted by atomic mass is 32.2. The number of hydrogen-bond acceptors (Lipinski definition) is 7. The molecular formula is C22H24N6O2S2. The summed E-state index contributed by atoms with van der Waals surface area (Å²) in [4.78, 5) is 27.1. The topological polar surface area (TPSA) is 102 Å². The maximum absolute atomic E-state index is 13.1. The highest BCUT2D eigenvalue weighted by molar-refractivity contribution is 7.99. The average molecular weight is 469 g/mol. The Labute approximate surface area is 194 Å². The number of nitrogens with zero attached hydrogens (tertiary/aromatic N) is 4. The average Bonchev–Trinajstić information content (AvgIpc) is 3.43. The van der Waals surface area contributed by atoms with E-state index in [0.29, 0.717) is 28.3 Å². The molecule has 0 spiro atoms. The lowest BCUT2D eigenvalue weighted by Gasteiger charge is -2.13. The minimum atomic E-state index is -0.156. The number of amides is 2. The Kier molecular flexibility index (Phi) is 6.22. The number of tetrazole rings is 1. The largest absolute Gasteiger partial charge is 0.348 e. The van der Waals surface area contributed by atoms with Gasteiger partial charge in [0.2, 0.25) is 11.1 Å². The van der Waals surface area contributed by atoms with Gasteiger partial charge in [0.25, 0.3) is 5.91 Å². The molecule has 8 nitrogen and oxygen atoms in total. The Hall–Kier alpha value is -2.72. The standard InChI is InChI=1S/C22H24N6O2S2/c29-18(13-31-22-25-26-27-28(22)15-10-11-15)24-21-19(16-8-4-5-9-17(16)32-21)20(30)23-12-14-6-2-1-3-7-14/h1-3,6-7,15H,4-5,8-13H2,(H,23,30)(H,24,29). The van der Waals surface area contributed by atoms with Crippen LogP contribution in [0.1, 0.15) is 58.1 Å². The number of aromatic nitrogens is 4. The van der Waals surface area contributed by atoms with Crippen molar-refractivity contribution in [2.45, 2.75) is 56.3 Å². The van der Waals surface area contributed by atoms with Gasteiger partial charge in [-0.15, -0.1) is 16.4 Å². The van der Waals surface area contributed by atoms with Gasteiger partial charge in [-0.05, 0) is 60.1 Å². The molecule has 2 aliphatic rings. The van der Waals surface area contributed by atoms with Crippen molar-refractivity contribution in [3.05, 3.63) is 51.9 Å². The Morgan fingerprint density at radius 3 is 2.78 bits per heavy atom. The number of carbonyl (C=O) groups is 2. The number of benzene rings is 1. The van der Waals surface area contributed by atoms with E-state index in [1.54, 1.807) is 4.68 Å². The van der Waals surface area contributed by atoms with Crippen LogP contribution >= 0.6 is 23.1 Å². The first kappa shape index (κ1) is 21.1. The zero-order valence-electron chi connectivity index (χ0n) is 17.5. The number of aryl methyl sites for hydroxylation is 1. The molecule has 5 rings (SSSR count). The molecule has 10 heteroatoms. The summed E-state index contributed by atoms with van der Waals surface area (Å²) in [5.74, 6) is -0.0919. The molecule has 1 saturated carbocycles. The van der Waals surface area contributed by atoms with Crippen LogP contribution in [0.15, 0.2) is 35.5 Å². The Bertz CT molecular complexity index is 1120. The fourth-order valence-electron chi connectivity index (χ4n) is 3.88. The van der Waals surface area contributed by atoms with Crippen LogP contribution < -0.4 is 10.6 Å². The summed E-state index contributed by atoms with van der Waals surface area (Å²) >= 11 is 2.86. The molecule has 0 atom stereocenters. The van der Waals surface area contributed by atoms with E-state index in [2.05, 4.69) is 26.2 Å². The molecule has 166 valence electrons. The number of anilines is 1. The summed E-state index contributed by atoms with van der Waals surface area (Å²) in [5.41, 5.74) is 2.76. The van der Waals surface area contributed by atoms with E-state index < -0.39 is 0 Å². The van der Waals surface area contributed by atoms with Gasteiger partial charge in [0.1, 0.15) is 5.00 Å². The van der Waals surface area contributed by atoms with Gasteiger partial charge in [0.15, 0.2) is 0 Å². The molecule has 32 heavy (non-hydrogen) atoms. The maximum atomic E-state index is 13.1. The predicted octanol–water partition coefficient (Wildman–Crippen LogP) is 3.61. The third-order valence-corrected chi connectivity index (χ3v) is 7.78. The minimum Gasteiger partial charge on any atom is -0.348 e. The Balaban J connectivity index is 1.28. The van der Waals surface area contributed by atoms with E-state index in [1.165, 1.54) is 28.0 Å². The number of nitrogens with one attached hydrogen (secondary N) is 2. The smallest absolute Gasteiger partial charge is 0.254 e. The van der Waals surface area contributed by atoms with Crippen LogP contribution in [0.25, 0.3) is 0 Å². The van der Waals surface area contributed by atoms with Crippen molar-refractivity contribution in [1.82, 2.24) is 25.5 Å². The molecule has 2 aliphatic carbocycles. The molecule has 1 aromatic carbocycles. The first-order chi connectivity index (χ1) is 15.7. The fourth-order valence-corrected chi connectivity index (χ4v) is 5.93. The molecular weight excluding hydrogens is 444 g/mol. The van der Waals surface area contributed by atoms with Crippen LogP contribution in [0.5, 0.6) is 0 Å². The number of carbonyl (C=O) groups excluding carboxylic acids is 2. The Morgan fingerprint density at radius 1 is 1.16 bits per heavy atom.